The number of carbonyl (C=O) groups excluding carboxylic acids is 2. The average Bonchev–Trinajstić information content (AvgIpc) is 2.45. The van der Waals surface area contributed by atoms with Crippen LogP contribution in [0.1, 0.15) is 23.7 Å². The van der Waals surface area contributed by atoms with E-state index in [9.17, 15) is 14.4 Å². The Bertz CT molecular complexity index is 544. The minimum absolute atomic E-state index is 0.0183. The lowest BCUT2D eigenvalue weighted by atomic mass is 10.1. The van der Waals surface area contributed by atoms with Gasteiger partial charge in [-0.25, -0.2) is 4.79 Å². The molecule has 1 rings (SSSR count). The molecular weight excluding hydrogens is 276 g/mol. The highest BCUT2D eigenvalue weighted by atomic mass is 16.4. The molecule has 0 heterocycles. The number of benzene rings is 1. The van der Waals surface area contributed by atoms with Gasteiger partial charge in [-0.1, -0.05) is 12.1 Å². The zero-order chi connectivity index (χ0) is 16.0. The quantitative estimate of drug-likeness (QED) is 0.696. The summed E-state index contributed by atoms with van der Waals surface area (Å²) >= 11 is 0. The number of carboxylic acid groups (broad SMARTS) is 1. The van der Waals surface area contributed by atoms with E-state index in [4.69, 9.17) is 10.2 Å². The van der Waals surface area contributed by atoms with Gasteiger partial charge < -0.3 is 20.4 Å². The van der Waals surface area contributed by atoms with Crippen molar-refractivity contribution in [3.63, 3.8) is 0 Å². The molecule has 7 heteroatoms. The van der Waals surface area contributed by atoms with Crippen LogP contribution in [0.15, 0.2) is 24.3 Å². The first-order valence-electron chi connectivity index (χ1n) is 6.37. The van der Waals surface area contributed by atoms with E-state index in [0.29, 0.717) is 11.3 Å². The Kier molecular flexibility index (Phi) is 5.86. The third kappa shape index (κ3) is 4.57. The van der Waals surface area contributed by atoms with Crippen molar-refractivity contribution in [2.24, 2.45) is 0 Å². The van der Waals surface area contributed by atoms with Crippen molar-refractivity contribution in [2.45, 2.75) is 19.4 Å². The molecular formula is C14H18N2O5. The van der Waals surface area contributed by atoms with Gasteiger partial charge in [0.1, 0.15) is 0 Å². The van der Waals surface area contributed by atoms with Crippen molar-refractivity contribution in [3.8, 4) is 0 Å². The predicted molar refractivity (Wildman–Crippen MR) is 76.1 cm³/mol. The molecule has 0 aromatic heterocycles. The molecule has 0 aliphatic carbocycles. The van der Waals surface area contributed by atoms with Crippen LogP contribution in [0.25, 0.3) is 0 Å². The molecule has 0 bridgehead atoms. The number of amides is 2. The van der Waals surface area contributed by atoms with Gasteiger partial charge >= 0.3 is 5.97 Å². The second-order valence-corrected chi connectivity index (χ2v) is 4.49. The maximum Gasteiger partial charge on any atom is 0.332 e. The fourth-order valence-corrected chi connectivity index (χ4v) is 1.67. The van der Waals surface area contributed by atoms with Crippen LogP contribution in [0.4, 0.5) is 5.69 Å². The number of nitrogens with zero attached hydrogens (tertiary/aromatic N) is 1. The van der Waals surface area contributed by atoms with Crippen molar-refractivity contribution in [2.75, 3.05) is 18.5 Å². The fourth-order valence-electron chi connectivity index (χ4n) is 1.67. The van der Waals surface area contributed by atoms with Crippen LogP contribution in [-0.2, 0) is 9.59 Å². The van der Waals surface area contributed by atoms with Crippen LogP contribution in [-0.4, -0.2) is 47.7 Å². The Balaban J connectivity index is 2.75. The van der Waals surface area contributed by atoms with Gasteiger partial charge in [-0.2, -0.15) is 0 Å². The standard InChI is InChI=1S/C14H18N2O5/c1-9(17)16(2)11-6-4-3-5-10(11)13(19)15-8-7-12(18)14(20)21/h3-6,12,18H,7-8H2,1-2H3,(H,15,19)(H,20,21). The van der Waals surface area contributed by atoms with E-state index >= 15 is 0 Å². The zero-order valence-electron chi connectivity index (χ0n) is 11.9. The molecule has 1 unspecified atom stereocenters. The van der Waals surface area contributed by atoms with Crippen LogP contribution in [0.5, 0.6) is 0 Å². The third-order valence-electron chi connectivity index (χ3n) is 2.97. The van der Waals surface area contributed by atoms with Gasteiger partial charge in [-0.15, -0.1) is 0 Å². The SMILES string of the molecule is CC(=O)N(C)c1ccccc1C(=O)NCCC(O)C(=O)O. The summed E-state index contributed by atoms with van der Waals surface area (Å²) in [5.74, 6) is -1.98. The molecule has 1 aromatic rings. The van der Waals surface area contributed by atoms with Gasteiger partial charge in [0.15, 0.2) is 6.10 Å². The van der Waals surface area contributed by atoms with Crippen LogP contribution in [0.2, 0.25) is 0 Å². The van der Waals surface area contributed by atoms with Crippen LogP contribution >= 0.6 is 0 Å². The second kappa shape index (κ2) is 7.39. The first kappa shape index (κ1) is 16.6. The monoisotopic (exact) mass is 294 g/mol. The summed E-state index contributed by atoms with van der Waals surface area (Å²) < 4.78 is 0. The smallest absolute Gasteiger partial charge is 0.332 e. The molecule has 0 saturated heterocycles. The lowest BCUT2D eigenvalue weighted by Crippen LogP contribution is -2.32. The highest BCUT2D eigenvalue weighted by Gasteiger charge is 2.17. The summed E-state index contributed by atoms with van der Waals surface area (Å²) in [4.78, 5) is 35.3. The molecule has 0 radical (unpaired) electrons. The normalized spacial score (nSPS) is 11.6. The molecule has 3 N–H and O–H groups in total. The summed E-state index contributed by atoms with van der Waals surface area (Å²) in [6, 6.07) is 6.58. The lowest BCUT2D eigenvalue weighted by molar-refractivity contribution is -0.146. The molecule has 0 aliphatic rings. The van der Waals surface area contributed by atoms with E-state index in [1.807, 2.05) is 0 Å². The summed E-state index contributed by atoms with van der Waals surface area (Å²) in [5.41, 5.74) is 0.765. The first-order valence-corrected chi connectivity index (χ1v) is 6.37. The van der Waals surface area contributed by atoms with E-state index in [1.54, 1.807) is 31.3 Å². The minimum Gasteiger partial charge on any atom is -0.479 e. The molecule has 0 spiro atoms. The van der Waals surface area contributed by atoms with Crippen LogP contribution in [0, 0.1) is 0 Å². The molecule has 0 fully saturated rings. The fraction of sp³-hybridized carbons (Fsp3) is 0.357. The van der Waals surface area contributed by atoms with E-state index in [2.05, 4.69) is 5.32 Å². The maximum absolute atomic E-state index is 12.1. The molecule has 2 amide bonds. The highest BCUT2D eigenvalue weighted by Crippen LogP contribution is 2.19. The number of hydrogen-bond acceptors (Lipinski definition) is 4. The Morgan fingerprint density at radius 2 is 1.90 bits per heavy atom. The summed E-state index contributed by atoms with van der Waals surface area (Å²) in [6.07, 6.45) is -1.60. The minimum atomic E-state index is -1.51. The Hall–Kier alpha value is -2.41. The number of anilines is 1. The number of carboxylic acids is 1. The number of hydrogen-bond donors (Lipinski definition) is 3. The number of nitrogens with one attached hydrogen (secondary N) is 1. The second-order valence-electron chi connectivity index (χ2n) is 4.49. The Morgan fingerprint density at radius 1 is 1.29 bits per heavy atom. The van der Waals surface area contributed by atoms with Crippen molar-refractivity contribution in [1.82, 2.24) is 5.32 Å². The van der Waals surface area contributed by atoms with Gasteiger partial charge in [0.2, 0.25) is 5.91 Å². The maximum atomic E-state index is 12.1. The Labute approximate surface area is 122 Å². The number of para-hydroxylation sites is 1. The van der Waals surface area contributed by atoms with E-state index in [0.717, 1.165) is 0 Å². The van der Waals surface area contributed by atoms with Gasteiger partial charge in [-0.3, -0.25) is 9.59 Å². The molecule has 7 nitrogen and oxygen atoms in total. The molecule has 1 atom stereocenters. The van der Waals surface area contributed by atoms with E-state index < -0.39 is 18.0 Å². The number of aliphatic hydroxyl groups is 1. The van der Waals surface area contributed by atoms with E-state index in [1.165, 1.54) is 11.8 Å². The van der Waals surface area contributed by atoms with Gasteiger partial charge in [0.05, 0.1) is 11.3 Å². The van der Waals surface area contributed by atoms with Crippen molar-refractivity contribution in [1.29, 1.82) is 0 Å². The third-order valence-corrected chi connectivity index (χ3v) is 2.97. The number of aliphatic carboxylic acids is 1. The van der Waals surface area contributed by atoms with Gasteiger partial charge in [-0.05, 0) is 12.1 Å². The van der Waals surface area contributed by atoms with Crippen LogP contribution in [0.3, 0.4) is 0 Å². The average molecular weight is 294 g/mol. The Morgan fingerprint density at radius 3 is 2.48 bits per heavy atom. The van der Waals surface area contributed by atoms with Gasteiger partial charge in [0.25, 0.3) is 5.91 Å². The molecule has 0 aliphatic heterocycles. The molecule has 114 valence electrons. The number of rotatable bonds is 6. The van der Waals surface area contributed by atoms with Crippen molar-refractivity contribution < 1.29 is 24.6 Å². The number of carbonyl (C=O) groups is 3. The topological polar surface area (TPSA) is 107 Å². The molecule has 21 heavy (non-hydrogen) atoms. The summed E-state index contributed by atoms with van der Waals surface area (Å²) in [5, 5.41) is 20.2. The lowest BCUT2D eigenvalue weighted by Gasteiger charge is -2.18. The van der Waals surface area contributed by atoms with E-state index in [-0.39, 0.29) is 18.9 Å². The molecule has 1 aromatic carbocycles. The largest absolute Gasteiger partial charge is 0.479 e. The molecule has 0 saturated carbocycles. The summed E-state index contributed by atoms with van der Waals surface area (Å²) in [7, 11) is 1.56. The zero-order valence-corrected chi connectivity index (χ0v) is 11.9. The first-order chi connectivity index (χ1) is 9.84. The highest BCUT2D eigenvalue weighted by molar-refractivity contribution is 6.04. The summed E-state index contributed by atoms with van der Waals surface area (Å²) in [6.45, 7) is 1.41. The van der Waals surface area contributed by atoms with Crippen molar-refractivity contribution >= 4 is 23.5 Å². The number of aliphatic hydroxyl groups excluding tert-OH is 1. The van der Waals surface area contributed by atoms with Crippen LogP contribution < -0.4 is 10.2 Å². The predicted octanol–water partition coefficient (Wildman–Crippen LogP) is 0.235. The van der Waals surface area contributed by atoms with Gasteiger partial charge in [0, 0.05) is 26.9 Å². The van der Waals surface area contributed by atoms with Crippen molar-refractivity contribution in [3.05, 3.63) is 29.8 Å².